The molecule has 1 fully saturated rings. The number of rotatable bonds is 8. The van der Waals surface area contributed by atoms with E-state index in [-0.39, 0.29) is 11.7 Å². The Hall–Kier alpha value is -3.62. The predicted octanol–water partition coefficient (Wildman–Crippen LogP) is 4.85. The van der Waals surface area contributed by atoms with E-state index in [1.807, 2.05) is 66.7 Å². The molecule has 0 aliphatic carbocycles. The molecule has 7 nitrogen and oxygen atoms in total. The van der Waals surface area contributed by atoms with Gasteiger partial charge in [-0.05, 0) is 61.8 Å². The smallest absolute Gasteiger partial charge is 0.258 e. The average molecular weight is 503 g/mol. The Balaban J connectivity index is 1.35. The first-order chi connectivity index (χ1) is 17.5. The van der Waals surface area contributed by atoms with Crippen LogP contribution in [0.2, 0.25) is 0 Å². The first-order valence-corrected chi connectivity index (χ1v) is 13.9. The molecule has 0 spiro atoms. The van der Waals surface area contributed by atoms with Gasteiger partial charge in [-0.15, -0.1) is 0 Å². The lowest BCUT2D eigenvalue weighted by atomic mass is 10.00. The summed E-state index contributed by atoms with van der Waals surface area (Å²) in [4.78, 5) is 15.1. The summed E-state index contributed by atoms with van der Waals surface area (Å²) in [6.07, 6.45) is 3.49. The van der Waals surface area contributed by atoms with Crippen LogP contribution in [-0.2, 0) is 14.8 Å². The van der Waals surface area contributed by atoms with Crippen LogP contribution >= 0.6 is 0 Å². The zero-order chi connectivity index (χ0) is 25.0. The van der Waals surface area contributed by atoms with E-state index in [1.165, 1.54) is 6.42 Å². The minimum absolute atomic E-state index is 0.0752. The van der Waals surface area contributed by atoms with Gasteiger partial charge in [0, 0.05) is 29.2 Å². The molecule has 0 saturated carbocycles. The monoisotopic (exact) mass is 502 g/mol. The lowest BCUT2D eigenvalue weighted by Crippen LogP contribution is -2.35. The highest BCUT2D eigenvalue weighted by Crippen LogP contribution is 2.37. The number of nitrogens with zero attached hydrogens (tertiary/aromatic N) is 1. The summed E-state index contributed by atoms with van der Waals surface area (Å²) >= 11 is 0. The van der Waals surface area contributed by atoms with Gasteiger partial charge < -0.3 is 15.5 Å². The van der Waals surface area contributed by atoms with Crippen molar-refractivity contribution < 1.29 is 13.2 Å². The minimum Gasteiger partial charge on any atom is -0.354 e. The van der Waals surface area contributed by atoms with Crippen LogP contribution in [0.25, 0.3) is 11.3 Å². The fraction of sp³-hybridized carbons (Fsp3) is 0.250. The summed E-state index contributed by atoms with van der Waals surface area (Å²) in [5.74, 6) is -0.0909. The Morgan fingerprint density at radius 3 is 2.25 bits per heavy atom. The lowest BCUT2D eigenvalue weighted by molar-refractivity contribution is -0.110. The first-order valence-electron chi connectivity index (χ1n) is 12.3. The minimum atomic E-state index is -3.44. The van der Waals surface area contributed by atoms with Gasteiger partial charge >= 0.3 is 0 Å². The quantitative estimate of drug-likeness (QED) is 0.383. The van der Waals surface area contributed by atoms with Crippen molar-refractivity contribution >= 4 is 44.3 Å². The second-order valence-corrected chi connectivity index (χ2v) is 11.0. The molecule has 1 amide bonds. The summed E-state index contributed by atoms with van der Waals surface area (Å²) in [6, 6.07) is 24.4. The number of benzene rings is 3. The molecule has 0 bridgehead atoms. The molecule has 36 heavy (non-hydrogen) atoms. The van der Waals surface area contributed by atoms with Crippen LogP contribution in [0.3, 0.4) is 0 Å². The molecule has 3 aromatic carbocycles. The Bertz CT molecular complexity index is 1360. The van der Waals surface area contributed by atoms with Gasteiger partial charge in [0.15, 0.2) is 0 Å². The van der Waals surface area contributed by atoms with Crippen molar-refractivity contribution in [1.29, 1.82) is 0 Å². The SMILES string of the molecule is O=C1Nc2ccccc2/C1=C(/Nc1ccc(NS(=O)(=O)CCN2CCCCC2)cc1)c1ccccc1. The number of hydrogen-bond acceptors (Lipinski definition) is 5. The maximum Gasteiger partial charge on any atom is 0.258 e. The molecular weight excluding hydrogens is 472 g/mol. The summed E-state index contributed by atoms with van der Waals surface area (Å²) in [5.41, 5.74) is 5.01. The number of para-hydroxylation sites is 1. The fourth-order valence-corrected chi connectivity index (χ4v) is 5.77. The Morgan fingerprint density at radius 2 is 1.50 bits per heavy atom. The molecule has 3 N–H and O–H groups in total. The average Bonchev–Trinajstić information content (AvgIpc) is 3.23. The molecule has 1 saturated heterocycles. The molecular formula is C28H30N4O3S. The normalized spacial score (nSPS) is 17.3. The molecule has 5 rings (SSSR count). The van der Waals surface area contributed by atoms with Gasteiger partial charge in [0.2, 0.25) is 10.0 Å². The number of hydrogen-bond donors (Lipinski definition) is 3. The molecule has 8 heteroatoms. The summed E-state index contributed by atoms with van der Waals surface area (Å²) in [6.45, 7) is 2.49. The van der Waals surface area contributed by atoms with Crippen LogP contribution in [0, 0.1) is 0 Å². The number of fused-ring (bicyclic) bond motifs is 1. The topological polar surface area (TPSA) is 90.5 Å². The van der Waals surface area contributed by atoms with E-state index in [1.54, 1.807) is 12.1 Å². The van der Waals surface area contributed by atoms with Gasteiger partial charge in [-0.1, -0.05) is 55.0 Å². The van der Waals surface area contributed by atoms with Crippen molar-refractivity contribution in [3.05, 3.63) is 90.0 Å². The van der Waals surface area contributed by atoms with E-state index in [4.69, 9.17) is 0 Å². The molecule has 0 aromatic heterocycles. The number of anilines is 3. The van der Waals surface area contributed by atoms with E-state index in [9.17, 15) is 13.2 Å². The second kappa shape index (κ2) is 10.6. The Morgan fingerprint density at radius 1 is 0.833 bits per heavy atom. The zero-order valence-electron chi connectivity index (χ0n) is 20.0. The van der Waals surface area contributed by atoms with Crippen LogP contribution < -0.4 is 15.4 Å². The van der Waals surface area contributed by atoms with Crippen LogP contribution in [-0.4, -0.2) is 44.6 Å². The van der Waals surface area contributed by atoms with Crippen LogP contribution in [0.1, 0.15) is 30.4 Å². The van der Waals surface area contributed by atoms with Crippen molar-refractivity contribution in [2.75, 3.05) is 40.7 Å². The summed E-state index contributed by atoms with van der Waals surface area (Å²) in [5, 5.41) is 6.34. The molecule has 3 aromatic rings. The van der Waals surface area contributed by atoms with E-state index < -0.39 is 10.0 Å². The highest BCUT2D eigenvalue weighted by atomic mass is 32.2. The number of piperidine rings is 1. The van der Waals surface area contributed by atoms with Crippen molar-refractivity contribution in [1.82, 2.24) is 4.90 Å². The first kappa shape index (κ1) is 24.1. The van der Waals surface area contributed by atoms with Gasteiger partial charge in [0.05, 0.1) is 17.0 Å². The largest absolute Gasteiger partial charge is 0.354 e. The number of nitrogens with one attached hydrogen (secondary N) is 3. The second-order valence-electron chi connectivity index (χ2n) is 9.14. The van der Waals surface area contributed by atoms with E-state index in [0.717, 1.165) is 48.4 Å². The molecule has 0 radical (unpaired) electrons. The van der Waals surface area contributed by atoms with Crippen LogP contribution in [0.15, 0.2) is 78.9 Å². The van der Waals surface area contributed by atoms with Crippen molar-refractivity contribution in [3.63, 3.8) is 0 Å². The predicted molar refractivity (Wildman–Crippen MR) is 146 cm³/mol. The van der Waals surface area contributed by atoms with Crippen molar-refractivity contribution in [2.24, 2.45) is 0 Å². The van der Waals surface area contributed by atoms with Crippen LogP contribution in [0.5, 0.6) is 0 Å². The highest BCUT2D eigenvalue weighted by molar-refractivity contribution is 7.92. The van der Waals surface area contributed by atoms with Gasteiger partial charge in [-0.3, -0.25) is 9.52 Å². The number of sulfonamides is 1. The Kier molecular flexibility index (Phi) is 7.06. The molecule has 186 valence electrons. The standard InChI is InChI=1S/C28H30N4O3S/c33-28-26(24-11-5-6-12-25(24)30-28)27(21-9-3-1-4-10-21)29-22-13-15-23(16-14-22)31-36(34,35)20-19-32-17-7-2-8-18-32/h1,3-6,9-16,29,31H,2,7-8,17-20H2,(H,30,33)/b27-26-. The summed E-state index contributed by atoms with van der Waals surface area (Å²) < 4.78 is 27.9. The number of carbonyl (C=O) groups is 1. The number of carbonyl (C=O) groups excluding carboxylic acids is 1. The number of amides is 1. The van der Waals surface area contributed by atoms with Gasteiger partial charge in [0.25, 0.3) is 5.91 Å². The molecule has 2 heterocycles. The van der Waals surface area contributed by atoms with Crippen molar-refractivity contribution in [2.45, 2.75) is 19.3 Å². The molecule has 0 unspecified atom stereocenters. The van der Waals surface area contributed by atoms with Crippen LogP contribution in [0.4, 0.5) is 17.1 Å². The lowest BCUT2D eigenvalue weighted by Gasteiger charge is -2.26. The fourth-order valence-electron chi connectivity index (χ4n) is 4.68. The van der Waals surface area contributed by atoms with Gasteiger partial charge in [-0.25, -0.2) is 8.42 Å². The highest BCUT2D eigenvalue weighted by Gasteiger charge is 2.28. The maximum atomic E-state index is 12.9. The molecule has 2 aliphatic heterocycles. The number of likely N-dealkylation sites (tertiary alicyclic amines) is 1. The zero-order valence-corrected chi connectivity index (χ0v) is 20.9. The summed E-state index contributed by atoms with van der Waals surface area (Å²) in [7, 11) is -3.44. The van der Waals surface area contributed by atoms with E-state index in [0.29, 0.717) is 23.5 Å². The third-order valence-corrected chi connectivity index (χ3v) is 7.80. The molecule has 0 atom stereocenters. The van der Waals surface area contributed by atoms with Gasteiger partial charge in [-0.2, -0.15) is 0 Å². The van der Waals surface area contributed by atoms with E-state index >= 15 is 0 Å². The van der Waals surface area contributed by atoms with E-state index in [2.05, 4.69) is 20.3 Å². The van der Waals surface area contributed by atoms with Crippen molar-refractivity contribution in [3.8, 4) is 0 Å². The third-order valence-electron chi connectivity index (χ3n) is 6.54. The third kappa shape index (κ3) is 5.61. The maximum absolute atomic E-state index is 12.9. The van der Waals surface area contributed by atoms with Gasteiger partial charge in [0.1, 0.15) is 0 Å². The Labute approximate surface area is 212 Å². The molecule has 2 aliphatic rings.